The van der Waals surface area contributed by atoms with E-state index in [1.807, 2.05) is 59.5 Å². The zero-order chi connectivity index (χ0) is 16.8. The topological polar surface area (TPSA) is 67.6 Å². The Hall–Kier alpha value is -2.53. The van der Waals surface area contributed by atoms with Crippen LogP contribution >= 0.6 is 0 Å². The molecule has 1 saturated heterocycles. The van der Waals surface area contributed by atoms with Crippen molar-refractivity contribution in [2.75, 3.05) is 18.4 Å². The minimum atomic E-state index is -0.104. The van der Waals surface area contributed by atoms with Gasteiger partial charge in [0.1, 0.15) is 5.75 Å². The van der Waals surface area contributed by atoms with E-state index in [1.54, 1.807) is 0 Å². The van der Waals surface area contributed by atoms with E-state index in [1.165, 1.54) is 0 Å². The summed E-state index contributed by atoms with van der Waals surface area (Å²) in [6.45, 7) is 1.43. The highest BCUT2D eigenvalue weighted by Gasteiger charge is 2.19. The molecule has 1 atom stereocenters. The number of carbonyl (C=O) groups is 1. The number of nitrogens with zero attached hydrogens (tertiary/aromatic N) is 1. The van der Waals surface area contributed by atoms with Gasteiger partial charge in [-0.2, -0.15) is 0 Å². The molecule has 3 N–H and O–H groups in total. The number of benzene rings is 2. The number of anilines is 1. The number of urea groups is 1. The fraction of sp³-hybridized carbons (Fsp3) is 0.316. The lowest BCUT2D eigenvalue weighted by atomic mass is 10.1. The number of rotatable bonds is 3. The van der Waals surface area contributed by atoms with E-state index >= 15 is 0 Å². The third-order valence-corrected chi connectivity index (χ3v) is 4.16. The molecule has 2 amide bonds. The number of amides is 2. The van der Waals surface area contributed by atoms with Crippen molar-refractivity contribution in [2.24, 2.45) is 5.73 Å². The largest absolute Gasteiger partial charge is 0.455 e. The Morgan fingerprint density at radius 3 is 2.62 bits per heavy atom. The zero-order valence-electron chi connectivity index (χ0n) is 13.7. The molecule has 0 aromatic heterocycles. The zero-order valence-corrected chi connectivity index (χ0v) is 13.7. The van der Waals surface area contributed by atoms with Crippen LogP contribution in [0.2, 0.25) is 0 Å². The van der Waals surface area contributed by atoms with E-state index in [9.17, 15) is 4.79 Å². The van der Waals surface area contributed by atoms with Crippen molar-refractivity contribution in [1.29, 1.82) is 0 Å². The maximum Gasteiger partial charge on any atom is 0.321 e. The second-order valence-electron chi connectivity index (χ2n) is 6.02. The highest BCUT2D eigenvalue weighted by molar-refractivity contribution is 5.91. The Morgan fingerprint density at radius 2 is 1.79 bits per heavy atom. The first kappa shape index (κ1) is 16.3. The lowest BCUT2D eigenvalue weighted by Crippen LogP contribution is -2.36. The van der Waals surface area contributed by atoms with E-state index in [-0.39, 0.29) is 12.1 Å². The first-order chi connectivity index (χ1) is 11.7. The smallest absolute Gasteiger partial charge is 0.321 e. The average molecular weight is 325 g/mol. The Labute approximate surface area is 142 Å². The number of carbonyl (C=O) groups excluding carboxylic acids is 1. The Balaban J connectivity index is 1.69. The third kappa shape index (κ3) is 4.26. The van der Waals surface area contributed by atoms with Gasteiger partial charge in [-0.3, -0.25) is 0 Å². The highest BCUT2D eigenvalue weighted by atomic mass is 16.5. The summed E-state index contributed by atoms with van der Waals surface area (Å²) in [5, 5.41) is 2.96. The van der Waals surface area contributed by atoms with Crippen LogP contribution in [0.25, 0.3) is 0 Å². The predicted octanol–water partition coefficient (Wildman–Crippen LogP) is 3.82. The SMILES string of the molecule is N[C@@H]1CCCN(C(=O)Nc2ccccc2Oc2ccccc2)CC1. The number of nitrogens with two attached hydrogens (primary N) is 1. The second kappa shape index (κ2) is 7.84. The van der Waals surface area contributed by atoms with Crippen molar-refractivity contribution >= 4 is 11.7 Å². The van der Waals surface area contributed by atoms with Crippen LogP contribution in [0.4, 0.5) is 10.5 Å². The molecular weight excluding hydrogens is 302 g/mol. The molecule has 3 rings (SSSR count). The fourth-order valence-corrected chi connectivity index (χ4v) is 2.79. The molecule has 2 aromatic carbocycles. The second-order valence-corrected chi connectivity index (χ2v) is 6.02. The van der Waals surface area contributed by atoms with Gasteiger partial charge in [-0.15, -0.1) is 0 Å². The number of hydrogen-bond donors (Lipinski definition) is 2. The number of nitrogens with one attached hydrogen (secondary N) is 1. The van der Waals surface area contributed by atoms with E-state index in [4.69, 9.17) is 10.5 Å². The van der Waals surface area contributed by atoms with Gasteiger partial charge in [-0.25, -0.2) is 4.79 Å². The fourth-order valence-electron chi connectivity index (χ4n) is 2.79. The van der Waals surface area contributed by atoms with Gasteiger partial charge in [0, 0.05) is 19.1 Å². The van der Waals surface area contributed by atoms with Crippen LogP contribution in [-0.4, -0.2) is 30.1 Å². The number of ether oxygens (including phenoxy) is 1. The standard InChI is InChI=1S/C19H23N3O2/c20-15-7-6-13-22(14-12-15)19(23)21-17-10-4-5-11-18(17)24-16-8-2-1-3-9-16/h1-5,8-11,15H,6-7,12-14,20H2,(H,21,23)/t15-/m1/s1. The van der Waals surface area contributed by atoms with Crippen molar-refractivity contribution in [3.63, 3.8) is 0 Å². The van der Waals surface area contributed by atoms with Gasteiger partial charge in [-0.05, 0) is 43.5 Å². The summed E-state index contributed by atoms with van der Waals surface area (Å²) in [5.74, 6) is 1.36. The highest BCUT2D eigenvalue weighted by Crippen LogP contribution is 2.29. The van der Waals surface area contributed by atoms with E-state index in [0.29, 0.717) is 18.0 Å². The Morgan fingerprint density at radius 1 is 1.04 bits per heavy atom. The predicted molar refractivity (Wildman–Crippen MR) is 95.4 cm³/mol. The molecule has 2 aromatic rings. The summed E-state index contributed by atoms with van der Waals surface area (Å²) in [6.07, 6.45) is 2.75. The minimum Gasteiger partial charge on any atom is -0.455 e. The van der Waals surface area contributed by atoms with Crippen LogP contribution in [0.3, 0.4) is 0 Å². The number of para-hydroxylation sites is 3. The Kier molecular flexibility index (Phi) is 5.33. The van der Waals surface area contributed by atoms with Gasteiger partial charge in [0.25, 0.3) is 0 Å². The average Bonchev–Trinajstić information content (AvgIpc) is 2.82. The van der Waals surface area contributed by atoms with E-state index in [2.05, 4.69) is 5.32 Å². The molecule has 126 valence electrons. The van der Waals surface area contributed by atoms with E-state index < -0.39 is 0 Å². The molecule has 0 bridgehead atoms. The lowest BCUT2D eigenvalue weighted by molar-refractivity contribution is 0.213. The molecule has 24 heavy (non-hydrogen) atoms. The molecule has 5 heteroatoms. The third-order valence-electron chi connectivity index (χ3n) is 4.16. The molecule has 5 nitrogen and oxygen atoms in total. The van der Waals surface area contributed by atoms with Crippen molar-refractivity contribution in [2.45, 2.75) is 25.3 Å². The normalized spacial score (nSPS) is 17.9. The maximum atomic E-state index is 12.6. The quantitative estimate of drug-likeness (QED) is 0.901. The lowest BCUT2D eigenvalue weighted by Gasteiger charge is -2.22. The summed E-state index contributed by atoms with van der Waals surface area (Å²) in [6, 6.07) is 17.1. The monoisotopic (exact) mass is 325 g/mol. The van der Waals surface area contributed by atoms with Crippen LogP contribution in [0.1, 0.15) is 19.3 Å². The van der Waals surface area contributed by atoms with Crippen molar-refractivity contribution < 1.29 is 9.53 Å². The van der Waals surface area contributed by atoms with Gasteiger partial charge in [0.05, 0.1) is 5.69 Å². The van der Waals surface area contributed by atoms with Crippen molar-refractivity contribution in [3.8, 4) is 11.5 Å². The van der Waals surface area contributed by atoms with Gasteiger partial charge in [0.15, 0.2) is 5.75 Å². The first-order valence-corrected chi connectivity index (χ1v) is 8.36. The molecular formula is C19H23N3O2. The summed E-state index contributed by atoms with van der Waals surface area (Å²) in [7, 11) is 0. The van der Waals surface area contributed by atoms with Gasteiger partial charge < -0.3 is 20.7 Å². The van der Waals surface area contributed by atoms with Crippen LogP contribution in [0.5, 0.6) is 11.5 Å². The van der Waals surface area contributed by atoms with Crippen LogP contribution in [0.15, 0.2) is 54.6 Å². The molecule has 1 aliphatic heterocycles. The molecule has 0 radical (unpaired) electrons. The van der Waals surface area contributed by atoms with Gasteiger partial charge in [-0.1, -0.05) is 30.3 Å². The van der Waals surface area contributed by atoms with Crippen LogP contribution < -0.4 is 15.8 Å². The first-order valence-electron chi connectivity index (χ1n) is 8.36. The molecule has 1 heterocycles. The summed E-state index contributed by atoms with van der Waals surface area (Å²) >= 11 is 0. The molecule has 1 fully saturated rings. The number of hydrogen-bond acceptors (Lipinski definition) is 3. The van der Waals surface area contributed by atoms with Crippen LogP contribution in [0, 0.1) is 0 Å². The minimum absolute atomic E-state index is 0.104. The molecule has 0 unspecified atom stereocenters. The van der Waals surface area contributed by atoms with E-state index in [0.717, 1.165) is 31.6 Å². The van der Waals surface area contributed by atoms with Gasteiger partial charge >= 0.3 is 6.03 Å². The van der Waals surface area contributed by atoms with Gasteiger partial charge in [0.2, 0.25) is 0 Å². The van der Waals surface area contributed by atoms with Crippen LogP contribution in [-0.2, 0) is 0 Å². The molecule has 0 aliphatic carbocycles. The summed E-state index contributed by atoms with van der Waals surface area (Å²) < 4.78 is 5.89. The maximum absolute atomic E-state index is 12.6. The molecule has 0 saturated carbocycles. The van der Waals surface area contributed by atoms with Crippen molar-refractivity contribution in [1.82, 2.24) is 4.90 Å². The molecule has 1 aliphatic rings. The number of likely N-dealkylation sites (tertiary alicyclic amines) is 1. The summed E-state index contributed by atoms with van der Waals surface area (Å²) in [4.78, 5) is 14.4. The Bertz CT molecular complexity index is 675. The van der Waals surface area contributed by atoms with Crippen molar-refractivity contribution in [3.05, 3.63) is 54.6 Å². The summed E-state index contributed by atoms with van der Waals surface area (Å²) in [5.41, 5.74) is 6.65. The molecule has 0 spiro atoms.